The topological polar surface area (TPSA) is 17.8 Å². The van der Waals surface area contributed by atoms with Crippen LogP contribution in [0.25, 0.3) is 16.9 Å². The Morgan fingerprint density at radius 2 is 1.59 bits per heavy atom. The van der Waals surface area contributed by atoms with Crippen LogP contribution in [0.5, 0.6) is 0 Å². The van der Waals surface area contributed by atoms with Crippen LogP contribution in [0.4, 0.5) is 0 Å². The number of benzene rings is 2. The van der Waals surface area contributed by atoms with Crippen molar-refractivity contribution in [2.24, 2.45) is 0 Å². The van der Waals surface area contributed by atoms with Gasteiger partial charge in [0.25, 0.3) is 0 Å². The molecular formula is C20H18N2. The minimum Gasteiger partial charge on any atom is -0.295 e. The number of hydrogen-bond donors (Lipinski definition) is 0. The number of imidazole rings is 1. The van der Waals surface area contributed by atoms with Crippen LogP contribution < -0.4 is 0 Å². The molecular weight excluding hydrogens is 268 g/mol. The summed E-state index contributed by atoms with van der Waals surface area (Å²) >= 11 is 0. The third-order valence-electron chi connectivity index (χ3n) is 3.57. The fraction of sp³-hybridized carbons (Fsp3) is 0.150. The number of rotatable bonds is 3. The lowest BCUT2D eigenvalue weighted by Gasteiger charge is -2.11. The van der Waals surface area contributed by atoms with Gasteiger partial charge in [0.2, 0.25) is 0 Å². The molecule has 0 radical (unpaired) electrons. The van der Waals surface area contributed by atoms with Crippen molar-refractivity contribution >= 4 is 0 Å². The van der Waals surface area contributed by atoms with Gasteiger partial charge in [-0.2, -0.15) is 0 Å². The Hall–Kier alpha value is -2.79. The van der Waals surface area contributed by atoms with Crippen molar-refractivity contribution in [2.45, 2.75) is 20.3 Å². The van der Waals surface area contributed by atoms with Crippen LogP contribution >= 0.6 is 0 Å². The highest BCUT2D eigenvalue weighted by molar-refractivity contribution is 5.69. The second-order valence-corrected chi connectivity index (χ2v) is 4.99. The van der Waals surface area contributed by atoms with Gasteiger partial charge in [-0.05, 0) is 25.0 Å². The first-order chi connectivity index (χ1) is 10.8. The predicted molar refractivity (Wildman–Crippen MR) is 90.9 cm³/mol. The molecule has 2 aromatic carbocycles. The van der Waals surface area contributed by atoms with E-state index in [1.165, 1.54) is 0 Å². The van der Waals surface area contributed by atoms with E-state index >= 15 is 0 Å². The molecule has 108 valence electrons. The van der Waals surface area contributed by atoms with Crippen LogP contribution in [0, 0.1) is 11.8 Å². The maximum Gasteiger partial charge on any atom is 0.139 e. The minimum atomic E-state index is 0.842. The Bertz CT molecular complexity index is 819. The molecule has 0 aliphatic heterocycles. The van der Waals surface area contributed by atoms with Gasteiger partial charge in [0.15, 0.2) is 0 Å². The zero-order valence-electron chi connectivity index (χ0n) is 12.9. The number of para-hydroxylation sites is 1. The highest BCUT2D eigenvalue weighted by Gasteiger charge is 2.17. The Labute approximate surface area is 131 Å². The van der Waals surface area contributed by atoms with Gasteiger partial charge < -0.3 is 0 Å². The zero-order valence-corrected chi connectivity index (χ0v) is 12.9. The van der Waals surface area contributed by atoms with Crippen LogP contribution in [0.1, 0.15) is 25.4 Å². The third kappa shape index (κ3) is 2.54. The largest absolute Gasteiger partial charge is 0.295 e. The molecule has 0 aliphatic rings. The average molecular weight is 286 g/mol. The summed E-state index contributed by atoms with van der Waals surface area (Å²) in [7, 11) is 0. The summed E-state index contributed by atoms with van der Waals surface area (Å²) in [6.45, 7) is 3.97. The van der Waals surface area contributed by atoms with E-state index in [2.05, 4.69) is 59.7 Å². The Morgan fingerprint density at radius 3 is 2.18 bits per heavy atom. The van der Waals surface area contributed by atoms with Gasteiger partial charge in [0, 0.05) is 17.7 Å². The van der Waals surface area contributed by atoms with E-state index in [0.717, 1.165) is 34.9 Å². The lowest BCUT2D eigenvalue weighted by atomic mass is 10.1. The molecule has 3 aromatic rings. The van der Waals surface area contributed by atoms with Crippen LogP contribution in [0.15, 0.2) is 60.7 Å². The zero-order chi connectivity index (χ0) is 15.4. The summed E-state index contributed by atoms with van der Waals surface area (Å²) in [6, 6.07) is 20.7. The van der Waals surface area contributed by atoms with E-state index in [1.54, 1.807) is 0 Å². The van der Waals surface area contributed by atoms with Crippen molar-refractivity contribution in [3.05, 3.63) is 72.2 Å². The van der Waals surface area contributed by atoms with Crippen LogP contribution in [0.3, 0.4) is 0 Å². The molecule has 0 fully saturated rings. The molecule has 2 nitrogen and oxygen atoms in total. The van der Waals surface area contributed by atoms with Gasteiger partial charge in [-0.25, -0.2) is 4.98 Å². The fourth-order valence-electron chi connectivity index (χ4n) is 2.63. The molecule has 0 N–H and O–H groups in total. The maximum absolute atomic E-state index is 4.76. The van der Waals surface area contributed by atoms with Gasteiger partial charge in [-0.3, -0.25) is 4.57 Å². The Kier molecular flexibility index (Phi) is 4.07. The first-order valence-corrected chi connectivity index (χ1v) is 7.50. The first kappa shape index (κ1) is 14.2. The molecule has 0 bridgehead atoms. The molecule has 0 amide bonds. The van der Waals surface area contributed by atoms with E-state index in [1.807, 2.05) is 31.2 Å². The number of nitrogens with zero attached hydrogens (tertiary/aromatic N) is 2. The van der Waals surface area contributed by atoms with Gasteiger partial charge in [0.05, 0.1) is 5.69 Å². The quantitative estimate of drug-likeness (QED) is 0.649. The third-order valence-corrected chi connectivity index (χ3v) is 3.57. The number of hydrogen-bond acceptors (Lipinski definition) is 1. The van der Waals surface area contributed by atoms with Crippen molar-refractivity contribution in [3.63, 3.8) is 0 Å². The van der Waals surface area contributed by atoms with E-state index in [0.29, 0.717) is 0 Å². The molecule has 1 aromatic heterocycles. The van der Waals surface area contributed by atoms with Gasteiger partial charge >= 0.3 is 0 Å². The van der Waals surface area contributed by atoms with E-state index in [4.69, 9.17) is 4.98 Å². The highest BCUT2D eigenvalue weighted by atomic mass is 15.1. The second kappa shape index (κ2) is 6.32. The van der Waals surface area contributed by atoms with Gasteiger partial charge in [-0.1, -0.05) is 61.4 Å². The molecule has 0 atom stereocenters. The molecule has 0 saturated heterocycles. The van der Waals surface area contributed by atoms with Crippen molar-refractivity contribution in [1.29, 1.82) is 0 Å². The van der Waals surface area contributed by atoms with Crippen molar-refractivity contribution < 1.29 is 0 Å². The summed E-state index contributed by atoms with van der Waals surface area (Å²) in [5.74, 6) is 7.17. The van der Waals surface area contributed by atoms with Crippen molar-refractivity contribution in [3.8, 4) is 28.8 Å². The average Bonchev–Trinajstić information content (AvgIpc) is 2.95. The van der Waals surface area contributed by atoms with Gasteiger partial charge in [-0.15, -0.1) is 0 Å². The molecule has 0 spiro atoms. The summed E-state index contributed by atoms with van der Waals surface area (Å²) in [5, 5.41) is 0. The predicted octanol–water partition coefficient (Wildman–Crippen LogP) is 4.47. The molecule has 1 heterocycles. The molecule has 0 unspecified atom stereocenters. The van der Waals surface area contributed by atoms with E-state index in [-0.39, 0.29) is 0 Å². The highest BCUT2D eigenvalue weighted by Crippen LogP contribution is 2.28. The normalized spacial score (nSPS) is 10.1. The second-order valence-electron chi connectivity index (χ2n) is 4.99. The number of aryl methyl sites for hydroxylation is 1. The first-order valence-electron chi connectivity index (χ1n) is 7.50. The summed E-state index contributed by atoms with van der Waals surface area (Å²) < 4.78 is 2.22. The standard InChI is InChI=1S/C20H18N2/c1-3-11-18-20(16-12-7-5-8-13-16)22(19(4-2)21-18)17-14-9-6-10-15-17/h5-10,12-15H,4H2,1-2H3. The van der Waals surface area contributed by atoms with E-state index < -0.39 is 0 Å². The lowest BCUT2D eigenvalue weighted by molar-refractivity contribution is 0.894. The van der Waals surface area contributed by atoms with Crippen LogP contribution in [-0.4, -0.2) is 9.55 Å². The monoisotopic (exact) mass is 286 g/mol. The van der Waals surface area contributed by atoms with Crippen LogP contribution in [-0.2, 0) is 6.42 Å². The van der Waals surface area contributed by atoms with Crippen LogP contribution in [0.2, 0.25) is 0 Å². The SMILES string of the molecule is CC#Cc1nc(CC)n(-c2ccccc2)c1-c1ccccc1. The maximum atomic E-state index is 4.76. The van der Waals surface area contributed by atoms with Crippen molar-refractivity contribution in [1.82, 2.24) is 9.55 Å². The van der Waals surface area contributed by atoms with Crippen molar-refractivity contribution in [2.75, 3.05) is 0 Å². The lowest BCUT2D eigenvalue weighted by Crippen LogP contribution is -2.02. The fourth-order valence-corrected chi connectivity index (χ4v) is 2.63. The Morgan fingerprint density at radius 1 is 0.955 bits per heavy atom. The molecule has 2 heteroatoms. The Balaban J connectivity index is 2.33. The molecule has 22 heavy (non-hydrogen) atoms. The van der Waals surface area contributed by atoms with E-state index in [9.17, 15) is 0 Å². The minimum absolute atomic E-state index is 0.842. The molecule has 3 rings (SSSR count). The summed E-state index contributed by atoms with van der Waals surface area (Å²) in [4.78, 5) is 4.76. The van der Waals surface area contributed by atoms with Gasteiger partial charge in [0.1, 0.15) is 11.5 Å². The molecule has 0 aliphatic carbocycles. The number of aromatic nitrogens is 2. The smallest absolute Gasteiger partial charge is 0.139 e. The summed E-state index contributed by atoms with van der Waals surface area (Å²) in [6.07, 6.45) is 0.861. The summed E-state index contributed by atoms with van der Waals surface area (Å²) in [5.41, 5.74) is 4.17. The molecule has 0 saturated carbocycles.